The van der Waals surface area contributed by atoms with Gasteiger partial charge in [-0.2, -0.15) is 13.2 Å². The summed E-state index contributed by atoms with van der Waals surface area (Å²) in [6.45, 7) is 0. The van der Waals surface area contributed by atoms with Crippen molar-refractivity contribution in [1.82, 2.24) is 0 Å². The lowest BCUT2D eigenvalue weighted by Gasteiger charge is -1.99. The standard InChI is InChI=1S/C4H4F3NO2/c5-4(6,7)3(9)1-2-8-10/h2,10H,1H2. The van der Waals surface area contributed by atoms with E-state index in [1.54, 1.807) is 0 Å². The number of rotatable bonds is 2. The van der Waals surface area contributed by atoms with Gasteiger partial charge < -0.3 is 5.21 Å². The predicted molar refractivity (Wildman–Crippen MR) is 26.0 cm³/mol. The highest BCUT2D eigenvalue weighted by atomic mass is 19.4. The largest absolute Gasteiger partial charge is 0.450 e. The molecular formula is C4H4F3NO2. The molecule has 0 heterocycles. The minimum absolute atomic E-state index is 0.482. The van der Waals surface area contributed by atoms with Crippen LogP contribution in [0.4, 0.5) is 13.2 Å². The molecule has 0 aromatic carbocycles. The van der Waals surface area contributed by atoms with E-state index >= 15 is 0 Å². The SMILES string of the molecule is O=C(CC=NO)C(F)(F)F. The van der Waals surface area contributed by atoms with E-state index in [2.05, 4.69) is 5.16 Å². The molecule has 6 heteroatoms. The van der Waals surface area contributed by atoms with Crippen LogP contribution in [0.5, 0.6) is 0 Å². The lowest BCUT2D eigenvalue weighted by Crippen LogP contribution is -2.22. The second kappa shape index (κ2) is 3.19. The Balaban J connectivity index is 3.86. The van der Waals surface area contributed by atoms with Gasteiger partial charge in [-0.3, -0.25) is 4.79 Å². The molecule has 0 aromatic rings. The zero-order valence-electron chi connectivity index (χ0n) is 4.72. The molecule has 0 fully saturated rings. The Kier molecular flexibility index (Phi) is 2.85. The molecule has 0 atom stereocenters. The van der Waals surface area contributed by atoms with Gasteiger partial charge in [0.25, 0.3) is 0 Å². The first-order chi connectivity index (χ1) is 4.48. The number of carbonyl (C=O) groups excluding carboxylic acids is 1. The van der Waals surface area contributed by atoms with Crippen LogP contribution in [0.1, 0.15) is 6.42 Å². The van der Waals surface area contributed by atoms with Crippen LogP contribution < -0.4 is 0 Å². The van der Waals surface area contributed by atoms with Crippen LogP contribution in [0.2, 0.25) is 0 Å². The van der Waals surface area contributed by atoms with E-state index in [0.29, 0.717) is 6.21 Å². The first-order valence-corrected chi connectivity index (χ1v) is 2.24. The fourth-order valence-electron chi connectivity index (χ4n) is 0.239. The Morgan fingerprint density at radius 1 is 1.60 bits per heavy atom. The van der Waals surface area contributed by atoms with E-state index in [4.69, 9.17) is 5.21 Å². The normalized spacial score (nSPS) is 12.3. The molecule has 0 amide bonds. The van der Waals surface area contributed by atoms with Gasteiger partial charge in [-0.15, -0.1) is 5.16 Å². The minimum Gasteiger partial charge on any atom is -0.411 e. The highest BCUT2D eigenvalue weighted by Gasteiger charge is 2.36. The third-order valence-corrected chi connectivity index (χ3v) is 0.675. The summed E-state index contributed by atoms with van der Waals surface area (Å²) in [5, 5.41) is 9.87. The zero-order valence-corrected chi connectivity index (χ0v) is 4.72. The van der Waals surface area contributed by atoms with Crippen molar-refractivity contribution in [1.29, 1.82) is 0 Å². The monoisotopic (exact) mass is 155 g/mol. The zero-order chi connectivity index (χ0) is 8.20. The highest BCUT2D eigenvalue weighted by molar-refractivity contribution is 5.94. The van der Waals surface area contributed by atoms with Gasteiger partial charge in [-0.25, -0.2) is 0 Å². The number of ketones is 1. The van der Waals surface area contributed by atoms with Crippen LogP contribution in [0.3, 0.4) is 0 Å². The maximum absolute atomic E-state index is 11.3. The maximum Gasteiger partial charge on any atom is 0.450 e. The smallest absolute Gasteiger partial charge is 0.411 e. The Bertz CT molecular complexity index is 151. The summed E-state index contributed by atoms with van der Waals surface area (Å²) in [5.74, 6) is -1.93. The van der Waals surface area contributed by atoms with Gasteiger partial charge in [0.1, 0.15) is 0 Å². The van der Waals surface area contributed by atoms with Crippen molar-refractivity contribution in [3.63, 3.8) is 0 Å². The molecule has 0 radical (unpaired) electrons. The topological polar surface area (TPSA) is 49.7 Å². The Labute approximate surface area is 54.1 Å². The van der Waals surface area contributed by atoms with Crippen molar-refractivity contribution in [2.24, 2.45) is 5.16 Å². The lowest BCUT2D eigenvalue weighted by atomic mass is 10.3. The molecule has 1 N–H and O–H groups in total. The van der Waals surface area contributed by atoms with Crippen LogP contribution in [0.15, 0.2) is 5.16 Å². The third-order valence-electron chi connectivity index (χ3n) is 0.675. The van der Waals surface area contributed by atoms with Crippen molar-refractivity contribution < 1.29 is 23.2 Å². The molecule has 0 unspecified atom stereocenters. The van der Waals surface area contributed by atoms with Gasteiger partial charge >= 0.3 is 6.18 Å². The van der Waals surface area contributed by atoms with E-state index in [9.17, 15) is 18.0 Å². The van der Waals surface area contributed by atoms with Crippen molar-refractivity contribution >= 4 is 12.0 Å². The molecule has 0 aliphatic heterocycles. The summed E-state index contributed by atoms with van der Waals surface area (Å²) in [7, 11) is 0. The molecule has 3 nitrogen and oxygen atoms in total. The third kappa shape index (κ3) is 3.06. The molecule has 0 saturated carbocycles. The molecule has 10 heavy (non-hydrogen) atoms. The molecule has 0 spiro atoms. The van der Waals surface area contributed by atoms with E-state index in [0.717, 1.165) is 0 Å². The number of carbonyl (C=O) groups is 1. The van der Waals surface area contributed by atoms with Crippen LogP contribution in [-0.2, 0) is 4.79 Å². The van der Waals surface area contributed by atoms with Crippen molar-refractivity contribution in [2.75, 3.05) is 0 Å². The summed E-state index contributed by atoms with van der Waals surface area (Å²) in [4.78, 5) is 9.90. The summed E-state index contributed by atoms with van der Waals surface area (Å²) >= 11 is 0. The number of hydrogen-bond donors (Lipinski definition) is 1. The summed E-state index contributed by atoms with van der Waals surface area (Å²) in [6.07, 6.45) is -5.27. The molecule has 58 valence electrons. The van der Waals surface area contributed by atoms with Gasteiger partial charge in [0, 0.05) is 0 Å². The van der Waals surface area contributed by atoms with Gasteiger partial charge in [-0.1, -0.05) is 0 Å². The predicted octanol–water partition coefficient (Wildman–Crippen LogP) is 0.968. The van der Waals surface area contributed by atoms with E-state index < -0.39 is 18.4 Å². The molecular weight excluding hydrogens is 151 g/mol. The Morgan fingerprint density at radius 2 is 2.10 bits per heavy atom. The minimum atomic E-state index is -4.83. The number of hydrogen-bond acceptors (Lipinski definition) is 3. The average molecular weight is 155 g/mol. The lowest BCUT2D eigenvalue weighted by molar-refractivity contribution is -0.169. The van der Waals surface area contributed by atoms with E-state index in [-0.39, 0.29) is 0 Å². The molecule has 0 aliphatic carbocycles. The first-order valence-electron chi connectivity index (χ1n) is 2.24. The second-order valence-electron chi connectivity index (χ2n) is 1.42. The van der Waals surface area contributed by atoms with Gasteiger partial charge in [0.05, 0.1) is 12.6 Å². The first kappa shape index (κ1) is 8.93. The van der Waals surface area contributed by atoms with Crippen molar-refractivity contribution in [2.45, 2.75) is 12.6 Å². The number of halogens is 3. The second-order valence-corrected chi connectivity index (χ2v) is 1.42. The number of Topliss-reactive ketones (excluding diaryl/α,β-unsaturated/α-hetero) is 1. The van der Waals surface area contributed by atoms with Crippen molar-refractivity contribution in [3.05, 3.63) is 0 Å². The van der Waals surface area contributed by atoms with Crippen LogP contribution in [0.25, 0.3) is 0 Å². The van der Waals surface area contributed by atoms with Gasteiger partial charge in [0.2, 0.25) is 5.78 Å². The maximum atomic E-state index is 11.3. The average Bonchev–Trinajstić information content (AvgIpc) is 1.80. The molecule has 0 bridgehead atoms. The van der Waals surface area contributed by atoms with Crippen molar-refractivity contribution in [3.8, 4) is 0 Å². The molecule has 0 saturated heterocycles. The molecule has 0 rings (SSSR count). The number of nitrogens with zero attached hydrogens (tertiary/aromatic N) is 1. The van der Waals surface area contributed by atoms with Gasteiger partial charge in [-0.05, 0) is 0 Å². The molecule has 0 aliphatic rings. The van der Waals surface area contributed by atoms with Crippen LogP contribution in [0, 0.1) is 0 Å². The fraction of sp³-hybridized carbons (Fsp3) is 0.500. The number of oxime groups is 1. The van der Waals surface area contributed by atoms with E-state index in [1.807, 2.05) is 0 Å². The summed E-state index contributed by atoms with van der Waals surface area (Å²) in [6, 6.07) is 0. The van der Waals surface area contributed by atoms with Crippen LogP contribution in [-0.4, -0.2) is 23.4 Å². The highest BCUT2D eigenvalue weighted by Crippen LogP contribution is 2.16. The fourth-order valence-corrected chi connectivity index (χ4v) is 0.239. The Morgan fingerprint density at radius 3 is 2.40 bits per heavy atom. The quantitative estimate of drug-likeness (QED) is 0.367. The molecule has 0 aromatic heterocycles. The van der Waals surface area contributed by atoms with Crippen LogP contribution >= 0.6 is 0 Å². The van der Waals surface area contributed by atoms with Gasteiger partial charge in [0.15, 0.2) is 0 Å². The number of alkyl halides is 3. The summed E-state index contributed by atoms with van der Waals surface area (Å²) < 4.78 is 33.8. The van der Waals surface area contributed by atoms with E-state index in [1.165, 1.54) is 0 Å². The Hall–Kier alpha value is -1.07. The summed E-state index contributed by atoms with van der Waals surface area (Å²) in [5.41, 5.74) is 0.